The normalized spacial score (nSPS) is 10.4. The molecule has 0 bridgehead atoms. The zero-order chi connectivity index (χ0) is 15.4. The van der Waals surface area contributed by atoms with E-state index in [0.29, 0.717) is 17.8 Å². The fraction of sp³-hybridized carbons (Fsp3) is 0.0625. The lowest BCUT2D eigenvalue weighted by atomic mass is 10.2. The molecule has 1 amide bonds. The van der Waals surface area contributed by atoms with Gasteiger partial charge in [-0.2, -0.15) is 0 Å². The first-order chi connectivity index (χ1) is 10.7. The Morgan fingerprint density at radius 3 is 2.91 bits per heavy atom. The maximum atomic E-state index is 12.1. The Hall–Kier alpha value is -3.15. The second kappa shape index (κ2) is 6.09. The first-order valence-electron chi connectivity index (χ1n) is 6.75. The summed E-state index contributed by atoms with van der Waals surface area (Å²) in [5, 5.41) is 2.81. The summed E-state index contributed by atoms with van der Waals surface area (Å²) in [4.78, 5) is 29.6. The predicted molar refractivity (Wildman–Crippen MR) is 82.8 cm³/mol. The van der Waals surface area contributed by atoms with Crippen LogP contribution in [-0.4, -0.2) is 20.4 Å². The van der Waals surface area contributed by atoms with E-state index in [9.17, 15) is 9.59 Å². The van der Waals surface area contributed by atoms with Crippen LogP contribution in [0.1, 0.15) is 15.9 Å². The minimum Gasteiger partial charge on any atom is -0.333 e. The highest BCUT2D eigenvalue weighted by molar-refractivity contribution is 6.04. The number of hydrogen-bond donors (Lipinski definition) is 2. The molecule has 3 aromatic rings. The summed E-state index contributed by atoms with van der Waals surface area (Å²) in [7, 11) is 0. The van der Waals surface area contributed by atoms with Crippen molar-refractivity contribution in [2.45, 2.75) is 6.54 Å². The zero-order valence-electron chi connectivity index (χ0n) is 11.7. The van der Waals surface area contributed by atoms with Crippen LogP contribution in [0, 0.1) is 0 Å². The molecule has 22 heavy (non-hydrogen) atoms. The van der Waals surface area contributed by atoms with Crippen LogP contribution >= 0.6 is 0 Å². The van der Waals surface area contributed by atoms with Crippen LogP contribution in [0.2, 0.25) is 0 Å². The van der Waals surface area contributed by atoms with Gasteiger partial charge in [0.15, 0.2) is 0 Å². The molecule has 6 heteroatoms. The van der Waals surface area contributed by atoms with E-state index in [0.717, 1.165) is 5.56 Å². The molecular weight excluding hydrogens is 280 g/mol. The number of nitrogens with one attached hydrogen (secondary N) is 2. The first-order valence-corrected chi connectivity index (χ1v) is 6.75. The quantitative estimate of drug-likeness (QED) is 0.771. The second-order valence-electron chi connectivity index (χ2n) is 4.83. The van der Waals surface area contributed by atoms with Crippen molar-refractivity contribution in [1.82, 2.24) is 14.5 Å². The lowest BCUT2D eigenvalue weighted by Gasteiger charge is -2.08. The van der Waals surface area contributed by atoms with Gasteiger partial charge in [-0.05, 0) is 23.8 Å². The smallest absolute Gasteiger partial charge is 0.257 e. The van der Waals surface area contributed by atoms with Crippen molar-refractivity contribution in [3.05, 3.63) is 82.8 Å². The van der Waals surface area contributed by atoms with E-state index in [2.05, 4.69) is 15.3 Å². The van der Waals surface area contributed by atoms with Crippen molar-refractivity contribution in [2.24, 2.45) is 0 Å². The van der Waals surface area contributed by atoms with Crippen LogP contribution in [0.3, 0.4) is 0 Å². The summed E-state index contributed by atoms with van der Waals surface area (Å²) in [5.41, 5.74) is 1.92. The SMILES string of the molecule is O=C(Nc1cccc(Cn2ccnc2)c1)c1ccc(=O)[nH]c1. The molecule has 6 nitrogen and oxygen atoms in total. The maximum Gasteiger partial charge on any atom is 0.257 e. The average Bonchev–Trinajstić information content (AvgIpc) is 3.01. The molecule has 0 atom stereocenters. The minimum atomic E-state index is -0.268. The van der Waals surface area contributed by atoms with Crippen LogP contribution in [0.5, 0.6) is 0 Å². The molecule has 0 saturated heterocycles. The molecule has 0 aliphatic carbocycles. The monoisotopic (exact) mass is 294 g/mol. The zero-order valence-corrected chi connectivity index (χ0v) is 11.7. The summed E-state index contributed by atoms with van der Waals surface area (Å²) < 4.78 is 1.95. The molecule has 2 N–H and O–H groups in total. The number of nitrogens with zero attached hydrogens (tertiary/aromatic N) is 2. The molecule has 0 spiro atoms. The standard InChI is InChI=1S/C16H14N4O2/c21-15-5-4-13(9-18-15)16(22)19-14-3-1-2-12(8-14)10-20-7-6-17-11-20/h1-9,11H,10H2,(H,18,21)(H,19,22). The van der Waals surface area contributed by atoms with Gasteiger partial charge in [0, 0.05) is 36.9 Å². The van der Waals surface area contributed by atoms with Crippen LogP contribution in [0.15, 0.2) is 66.1 Å². The Morgan fingerprint density at radius 1 is 1.27 bits per heavy atom. The molecule has 0 unspecified atom stereocenters. The van der Waals surface area contributed by atoms with Crippen LogP contribution in [-0.2, 0) is 6.54 Å². The molecule has 0 aliphatic rings. The fourth-order valence-corrected chi connectivity index (χ4v) is 2.09. The van der Waals surface area contributed by atoms with Crippen molar-refractivity contribution in [3.63, 3.8) is 0 Å². The number of rotatable bonds is 4. The van der Waals surface area contributed by atoms with Crippen molar-refractivity contribution < 1.29 is 4.79 Å². The molecule has 0 saturated carbocycles. The number of amides is 1. The number of aromatic nitrogens is 3. The van der Waals surface area contributed by atoms with E-state index in [-0.39, 0.29) is 11.5 Å². The largest absolute Gasteiger partial charge is 0.333 e. The Bertz CT molecular complexity index is 817. The number of pyridine rings is 1. The molecule has 2 heterocycles. The molecule has 1 aromatic carbocycles. The van der Waals surface area contributed by atoms with Gasteiger partial charge in [-0.25, -0.2) is 4.98 Å². The summed E-state index contributed by atoms with van der Waals surface area (Å²) in [6.07, 6.45) is 6.74. The van der Waals surface area contributed by atoms with Gasteiger partial charge in [-0.3, -0.25) is 9.59 Å². The number of carbonyl (C=O) groups is 1. The number of imidazole rings is 1. The summed E-state index contributed by atoms with van der Waals surface area (Å²) in [6.45, 7) is 0.683. The second-order valence-corrected chi connectivity index (χ2v) is 4.83. The van der Waals surface area contributed by atoms with Crippen LogP contribution < -0.4 is 10.9 Å². The van der Waals surface area contributed by atoms with E-state index in [1.54, 1.807) is 12.5 Å². The molecule has 2 aromatic heterocycles. The lowest BCUT2D eigenvalue weighted by Crippen LogP contribution is -2.14. The number of aromatic amines is 1. The molecule has 0 fully saturated rings. The van der Waals surface area contributed by atoms with Crippen LogP contribution in [0.4, 0.5) is 5.69 Å². The Morgan fingerprint density at radius 2 is 2.18 bits per heavy atom. The topological polar surface area (TPSA) is 79.8 Å². The van der Waals surface area contributed by atoms with Gasteiger partial charge in [0.05, 0.1) is 11.9 Å². The molecular formula is C16H14N4O2. The number of anilines is 1. The highest BCUT2D eigenvalue weighted by Gasteiger charge is 2.06. The minimum absolute atomic E-state index is 0.237. The van der Waals surface area contributed by atoms with E-state index in [4.69, 9.17) is 0 Å². The van der Waals surface area contributed by atoms with Crippen molar-refractivity contribution in [1.29, 1.82) is 0 Å². The molecule has 0 aliphatic heterocycles. The average molecular weight is 294 g/mol. The summed E-state index contributed by atoms with van der Waals surface area (Å²) >= 11 is 0. The van der Waals surface area contributed by atoms with Gasteiger partial charge in [0.1, 0.15) is 0 Å². The molecule has 110 valence electrons. The third-order valence-corrected chi connectivity index (χ3v) is 3.16. The van der Waals surface area contributed by atoms with Gasteiger partial charge in [-0.15, -0.1) is 0 Å². The summed E-state index contributed by atoms with van der Waals surface area (Å²) in [6, 6.07) is 10.4. The van der Waals surface area contributed by atoms with E-state index in [1.165, 1.54) is 18.3 Å². The van der Waals surface area contributed by atoms with Gasteiger partial charge < -0.3 is 14.9 Å². The Balaban J connectivity index is 1.73. The number of hydrogen-bond acceptors (Lipinski definition) is 3. The van der Waals surface area contributed by atoms with Crippen molar-refractivity contribution in [2.75, 3.05) is 5.32 Å². The first kappa shape index (κ1) is 13.8. The highest BCUT2D eigenvalue weighted by atomic mass is 16.1. The van der Waals surface area contributed by atoms with E-state index >= 15 is 0 Å². The van der Waals surface area contributed by atoms with Crippen LogP contribution in [0.25, 0.3) is 0 Å². The molecule has 0 radical (unpaired) electrons. The van der Waals surface area contributed by atoms with Gasteiger partial charge >= 0.3 is 0 Å². The number of carbonyl (C=O) groups excluding carboxylic acids is 1. The van der Waals surface area contributed by atoms with E-state index in [1.807, 2.05) is 35.0 Å². The summed E-state index contributed by atoms with van der Waals surface area (Å²) in [5.74, 6) is -0.268. The molecule has 3 rings (SSSR count). The Labute approximate surface area is 126 Å². The van der Waals surface area contributed by atoms with Gasteiger partial charge in [0.2, 0.25) is 5.56 Å². The highest BCUT2D eigenvalue weighted by Crippen LogP contribution is 2.13. The lowest BCUT2D eigenvalue weighted by molar-refractivity contribution is 0.102. The third-order valence-electron chi connectivity index (χ3n) is 3.16. The predicted octanol–water partition coefficient (Wildman–Crippen LogP) is 1.87. The van der Waals surface area contributed by atoms with E-state index < -0.39 is 0 Å². The Kier molecular flexibility index (Phi) is 3.82. The number of benzene rings is 1. The number of H-pyrrole nitrogens is 1. The van der Waals surface area contributed by atoms with Gasteiger partial charge in [0.25, 0.3) is 5.91 Å². The van der Waals surface area contributed by atoms with Gasteiger partial charge in [-0.1, -0.05) is 12.1 Å². The fourth-order valence-electron chi connectivity index (χ4n) is 2.09. The third kappa shape index (κ3) is 3.29. The van der Waals surface area contributed by atoms with Crippen molar-refractivity contribution in [3.8, 4) is 0 Å². The maximum absolute atomic E-state index is 12.1. The van der Waals surface area contributed by atoms with Crippen molar-refractivity contribution >= 4 is 11.6 Å².